The van der Waals surface area contributed by atoms with Gasteiger partial charge in [0.15, 0.2) is 11.5 Å². The number of anilines is 1. The summed E-state index contributed by atoms with van der Waals surface area (Å²) in [5, 5.41) is 2.24. The van der Waals surface area contributed by atoms with E-state index in [0.717, 1.165) is 10.5 Å². The third kappa shape index (κ3) is 7.27. The highest BCUT2D eigenvalue weighted by Crippen LogP contribution is 2.36. The molecule has 0 unspecified atom stereocenters. The molecule has 0 aromatic heterocycles. The van der Waals surface area contributed by atoms with Crippen LogP contribution in [0, 0.1) is 5.82 Å². The Bertz CT molecular complexity index is 1750. The smallest absolute Gasteiger partial charge is 0.335 e. The Kier molecular flexibility index (Phi) is 9.69. The molecular weight excluding hydrogens is 575 g/mol. The van der Waals surface area contributed by atoms with Crippen molar-refractivity contribution in [2.45, 2.75) is 26.6 Å². The average Bonchev–Trinajstić information content (AvgIpc) is 3.04. The van der Waals surface area contributed by atoms with Gasteiger partial charge in [-0.05, 0) is 73.0 Å². The lowest BCUT2D eigenvalue weighted by Crippen LogP contribution is -2.54. The molecule has 45 heavy (non-hydrogen) atoms. The Balaban J connectivity index is 1.41. The first-order valence-electron chi connectivity index (χ1n) is 14.3. The van der Waals surface area contributed by atoms with Gasteiger partial charge in [0.2, 0.25) is 0 Å². The molecule has 0 atom stereocenters. The maximum Gasteiger partial charge on any atom is 0.335 e. The average molecular weight is 607 g/mol. The second-order valence-corrected chi connectivity index (χ2v) is 10.0. The molecule has 1 aliphatic rings. The number of barbiturate groups is 1. The first-order valence-corrected chi connectivity index (χ1v) is 14.3. The summed E-state index contributed by atoms with van der Waals surface area (Å²) in [6.45, 7) is 6.24. The largest absolute Gasteiger partial charge is 0.490 e. The summed E-state index contributed by atoms with van der Waals surface area (Å²) >= 11 is 0. The number of ether oxygens (including phenoxy) is 3. The highest BCUT2D eigenvalue weighted by molar-refractivity contribution is 6.39. The van der Waals surface area contributed by atoms with Gasteiger partial charge in [-0.1, -0.05) is 54.6 Å². The van der Waals surface area contributed by atoms with Crippen molar-refractivity contribution in [1.29, 1.82) is 0 Å². The minimum Gasteiger partial charge on any atom is -0.490 e. The van der Waals surface area contributed by atoms with Crippen LogP contribution in [0.3, 0.4) is 0 Å². The van der Waals surface area contributed by atoms with Gasteiger partial charge in [-0.2, -0.15) is 0 Å². The predicted octanol–water partition coefficient (Wildman–Crippen LogP) is 6.78. The molecule has 0 aliphatic carbocycles. The van der Waals surface area contributed by atoms with Crippen LogP contribution in [0.5, 0.6) is 17.2 Å². The summed E-state index contributed by atoms with van der Waals surface area (Å²) in [5.74, 6) is -0.708. The normalized spacial score (nSPS) is 13.9. The number of imide groups is 2. The Hall–Kier alpha value is -5.70. The lowest BCUT2D eigenvalue weighted by Gasteiger charge is -2.26. The number of carbonyl (C=O) groups is 3. The number of carbonyl (C=O) groups excluding carboxylic acids is 3. The highest BCUT2D eigenvalue weighted by Gasteiger charge is 2.37. The predicted molar refractivity (Wildman–Crippen MR) is 168 cm³/mol. The number of amides is 4. The van der Waals surface area contributed by atoms with Gasteiger partial charge in [0.05, 0.1) is 12.3 Å². The number of hydrogen-bond donors (Lipinski definition) is 1. The van der Waals surface area contributed by atoms with Crippen molar-refractivity contribution in [2.24, 2.45) is 0 Å². The second-order valence-electron chi connectivity index (χ2n) is 10.0. The number of allylic oxidation sites excluding steroid dienone is 1. The Morgan fingerprint density at radius 2 is 1.58 bits per heavy atom. The number of rotatable bonds is 12. The van der Waals surface area contributed by atoms with Gasteiger partial charge in [0.1, 0.15) is 30.4 Å². The molecule has 0 bridgehead atoms. The first-order chi connectivity index (χ1) is 21.9. The van der Waals surface area contributed by atoms with Crippen LogP contribution in [0.15, 0.2) is 109 Å². The molecule has 0 saturated carbocycles. The zero-order valence-electron chi connectivity index (χ0n) is 24.6. The van der Waals surface area contributed by atoms with E-state index in [-0.39, 0.29) is 17.9 Å². The van der Waals surface area contributed by atoms with Crippen LogP contribution in [0.4, 0.5) is 14.9 Å². The Morgan fingerprint density at radius 1 is 0.844 bits per heavy atom. The fourth-order valence-corrected chi connectivity index (χ4v) is 4.76. The first kappa shape index (κ1) is 30.7. The van der Waals surface area contributed by atoms with Crippen LogP contribution in [0.2, 0.25) is 0 Å². The van der Waals surface area contributed by atoms with Crippen molar-refractivity contribution in [3.05, 3.63) is 137 Å². The molecule has 5 rings (SSSR count). The third-order valence-electron chi connectivity index (χ3n) is 6.90. The van der Waals surface area contributed by atoms with Crippen LogP contribution in [0.25, 0.3) is 6.08 Å². The lowest BCUT2D eigenvalue weighted by atomic mass is 10.0. The number of benzene rings is 4. The molecule has 1 N–H and O–H groups in total. The van der Waals surface area contributed by atoms with Gasteiger partial charge < -0.3 is 14.2 Å². The number of urea groups is 1. The topological polar surface area (TPSA) is 94.2 Å². The fourth-order valence-electron chi connectivity index (χ4n) is 4.76. The highest BCUT2D eigenvalue weighted by atomic mass is 19.1. The van der Waals surface area contributed by atoms with Crippen LogP contribution >= 0.6 is 0 Å². The van der Waals surface area contributed by atoms with Crippen LogP contribution in [0.1, 0.15) is 29.2 Å². The second kappa shape index (κ2) is 14.2. The van der Waals surface area contributed by atoms with Crippen LogP contribution < -0.4 is 24.4 Å². The van der Waals surface area contributed by atoms with E-state index in [2.05, 4.69) is 11.9 Å². The molecule has 1 saturated heterocycles. The van der Waals surface area contributed by atoms with E-state index in [4.69, 9.17) is 14.2 Å². The minimum absolute atomic E-state index is 0.0363. The molecule has 4 aromatic carbocycles. The van der Waals surface area contributed by atoms with Crippen molar-refractivity contribution in [3.63, 3.8) is 0 Å². The molecule has 4 aromatic rings. The van der Waals surface area contributed by atoms with E-state index in [1.807, 2.05) is 30.3 Å². The summed E-state index contributed by atoms with van der Waals surface area (Å²) in [5.41, 5.74) is 2.51. The summed E-state index contributed by atoms with van der Waals surface area (Å²) in [7, 11) is 0. The van der Waals surface area contributed by atoms with Crippen molar-refractivity contribution in [2.75, 3.05) is 11.5 Å². The van der Waals surface area contributed by atoms with Crippen LogP contribution in [-0.2, 0) is 29.2 Å². The summed E-state index contributed by atoms with van der Waals surface area (Å²) in [6, 6.07) is 24.9. The van der Waals surface area contributed by atoms with Crippen LogP contribution in [-0.4, -0.2) is 24.5 Å². The zero-order chi connectivity index (χ0) is 31.8. The number of halogens is 1. The Labute approximate surface area is 260 Å². The van der Waals surface area contributed by atoms with E-state index in [9.17, 15) is 18.8 Å². The lowest BCUT2D eigenvalue weighted by molar-refractivity contribution is -0.122. The minimum atomic E-state index is -0.862. The molecule has 8 nitrogen and oxygen atoms in total. The maximum atomic E-state index is 14.2. The molecule has 9 heteroatoms. The van der Waals surface area contributed by atoms with Gasteiger partial charge >= 0.3 is 6.03 Å². The zero-order valence-corrected chi connectivity index (χ0v) is 24.6. The van der Waals surface area contributed by atoms with Crippen molar-refractivity contribution >= 4 is 29.6 Å². The van der Waals surface area contributed by atoms with Gasteiger partial charge in [0.25, 0.3) is 11.8 Å². The monoisotopic (exact) mass is 606 g/mol. The van der Waals surface area contributed by atoms with E-state index >= 15 is 0 Å². The molecule has 0 radical (unpaired) electrons. The van der Waals surface area contributed by atoms with Gasteiger partial charge in [0, 0.05) is 11.1 Å². The van der Waals surface area contributed by atoms with Crippen molar-refractivity contribution in [1.82, 2.24) is 5.32 Å². The van der Waals surface area contributed by atoms with Gasteiger partial charge in [-0.3, -0.25) is 14.9 Å². The fraction of sp³-hybridized carbons (Fsp3) is 0.139. The molecule has 1 fully saturated rings. The summed E-state index contributed by atoms with van der Waals surface area (Å²) < 4.78 is 31.9. The van der Waals surface area contributed by atoms with Gasteiger partial charge in [-0.15, -0.1) is 6.58 Å². The standard InChI is InChI=1S/C36H31FN2O6/c1-3-10-26-19-25(21-32(43-4-2)33(26)45-23-27-13-8-9-14-31(27)37)20-30-34(40)38-36(42)39(35(30)41)28-15-17-29(18-16-28)44-22-24-11-6-5-7-12-24/h3,5-9,11-21H,1,4,10,22-23H2,2H3,(H,38,40,42)/b30-20+. The number of hydrogen-bond acceptors (Lipinski definition) is 6. The van der Waals surface area contributed by atoms with Crippen molar-refractivity contribution in [3.8, 4) is 17.2 Å². The number of nitrogens with zero attached hydrogens (tertiary/aromatic N) is 1. The van der Waals surface area contributed by atoms with E-state index in [1.54, 1.807) is 67.6 Å². The third-order valence-corrected chi connectivity index (χ3v) is 6.90. The molecule has 0 spiro atoms. The number of nitrogens with one attached hydrogen (secondary N) is 1. The van der Waals surface area contributed by atoms with Crippen molar-refractivity contribution < 1.29 is 33.0 Å². The molecule has 1 heterocycles. The summed E-state index contributed by atoms with van der Waals surface area (Å²) in [4.78, 5) is 40.1. The molecule has 228 valence electrons. The molecular formula is C36H31FN2O6. The Morgan fingerprint density at radius 3 is 2.29 bits per heavy atom. The quantitative estimate of drug-likeness (QED) is 0.109. The summed E-state index contributed by atoms with van der Waals surface area (Å²) in [6.07, 6.45) is 3.43. The SMILES string of the molecule is C=CCc1cc(/C=C2\C(=O)NC(=O)N(c3ccc(OCc4ccccc4)cc3)C2=O)cc(OCC)c1OCc1ccccc1F. The van der Waals surface area contributed by atoms with E-state index < -0.39 is 23.7 Å². The van der Waals surface area contributed by atoms with E-state index in [1.165, 1.54) is 12.1 Å². The molecule has 4 amide bonds. The molecule has 1 aliphatic heterocycles. The van der Waals surface area contributed by atoms with E-state index in [0.29, 0.717) is 53.6 Å². The maximum absolute atomic E-state index is 14.2. The van der Waals surface area contributed by atoms with Gasteiger partial charge in [-0.25, -0.2) is 14.1 Å².